The maximum absolute atomic E-state index is 15.4. The number of aryl methyl sites for hydroxylation is 3. The first-order chi connectivity index (χ1) is 30.3. The zero-order valence-electron chi connectivity index (χ0n) is 32.2. The summed E-state index contributed by atoms with van der Waals surface area (Å²) in [6.45, 7) is 6.26. The van der Waals surface area contributed by atoms with Crippen LogP contribution in [0.2, 0.25) is 0 Å². The lowest BCUT2D eigenvalue weighted by molar-refractivity contribution is -0.874. The topological polar surface area (TPSA) is 13.1 Å². The van der Waals surface area contributed by atoms with E-state index in [1.807, 2.05) is 24.5 Å². The van der Waals surface area contributed by atoms with E-state index in [2.05, 4.69) is 51.1 Å². The number of rotatable bonds is 6. The van der Waals surface area contributed by atoms with E-state index in [-0.39, 0.29) is 0 Å². The van der Waals surface area contributed by atoms with Gasteiger partial charge in [0.1, 0.15) is 52.7 Å². The first-order valence-corrected chi connectivity index (χ1v) is 17.7. The third-order valence-electron chi connectivity index (χ3n) is 10.2. The second kappa shape index (κ2) is 17.3. The third kappa shape index (κ3) is 7.42. The Labute approximate surface area is 350 Å². The van der Waals surface area contributed by atoms with E-state index < -0.39 is 144 Å². The Morgan fingerprint density at radius 2 is 0.615 bits per heavy atom. The number of aromatic nitrogens is 1. The molecule has 0 unspecified atom stereocenters. The quantitative estimate of drug-likeness (QED) is 0.0533. The molecular weight excluding hydrogens is 925 g/mol. The predicted octanol–water partition coefficient (Wildman–Crippen LogP) is 9.74. The molecule has 0 spiro atoms. The van der Waals surface area contributed by atoms with E-state index in [0.29, 0.717) is 0 Å². The van der Waals surface area contributed by atoms with E-state index in [9.17, 15) is 52.7 Å². The van der Waals surface area contributed by atoms with E-state index in [1.165, 1.54) is 10.9 Å². The van der Waals surface area contributed by atoms with Gasteiger partial charge in [-0.3, -0.25) is 0 Å². The lowest BCUT2D eigenvalue weighted by Crippen LogP contribution is -2.81. The number of hydrogen-bond donors (Lipinski definition) is 0. The Morgan fingerprint density at radius 3 is 0.908 bits per heavy atom. The van der Waals surface area contributed by atoms with Gasteiger partial charge in [0.2, 0.25) is 18.1 Å². The van der Waals surface area contributed by atoms with Gasteiger partial charge in [-0.15, -0.1) is 21.9 Å². The van der Waals surface area contributed by atoms with Crippen molar-refractivity contribution >= 4 is 38.8 Å². The van der Waals surface area contributed by atoms with E-state index in [1.54, 1.807) is 4.73 Å². The highest BCUT2D eigenvalue weighted by Gasteiger charge is 2.52. The van der Waals surface area contributed by atoms with Crippen molar-refractivity contribution in [3.05, 3.63) is 188 Å². The number of pyridine rings is 1. The standard InChI is InChI=1S/C24BF20.C18H18NO/c26-5-1(6(27)14(35)21(42)13(5)34)25(2-7(28)15(36)22(43)16(37)8(2)29,3-9(30)17(38)23(44)18(39)10(3)31)4-11(32)19(40)24(45)20(41)12(4)33;1-13-10-14(2)18(15(3)11-13)20-19-9-8-16-6-4-5-7-17(16)12-19/h;4-12H,1-3H3/q-1;+1. The van der Waals surface area contributed by atoms with Crippen molar-refractivity contribution in [3.8, 4) is 5.75 Å². The second-order valence-electron chi connectivity index (χ2n) is 14.1. The first-order valence-electron chi connectivity index (χ1n) is 17.7. The SMILES string of the molecule is Cc1cc(C)c(O[n+]2ccc3ccccc3c2)c(C)c1.Fc1c(F)c(F)c([B-](c2c(F)c(F)c(F)c(F)c2F)(c2c(F)c(F)c(F)c(F)c2F)c2c(F)c(F)c(F)c(F)c2F)c(F)c1F. The second-order valence-corrected chi connectivity index (χ2v) is 14.1. The van der Waals surface area contributed by atoms with Crippen LogP contribution in [0.25, 0.3) is 10.8 Å². The maximum atomic E-state index is 15.4. The molecule has 0 bridgehead atoms. The molecule has 6 aromatic carbocycles. The predicted molar refractivity (Wildman–Crippen MR) is 190 cm³/mol. The molecule has 340 valence electrons. The highest BCUT2D eigenvalue weighted by molar-refractivity contribution is 7.20. The van der Waals surface area contributed by atoms with Crippen molar-refractivity contribution in [1.82, 2.24) is 0 Å². The highest BCUT2D eigenvalue weighted by atomic mass is 19.2. The van der Waals surface area contributed by atoms with Crippen LogP contribution in [0.15, 0.2) is 54.9 Å². The molecule has 23 heteroatoms. The summed E-state index contributed by atoms with van der Waals surface area (Å²) >= 11 is 0. The number of fused-ring (bicyclic) bond motifs is 1. The molecule has 2 nitrogen and oxygen atoms in total. The lowest BCUT2D eigenvalue weighted by atomic mass is 9.12. The number of nitrogens with zero attached hydrogens (tertiary/aromatic N) is 1. The molecule has 0 aliphatic heterocycles. The molecular formula is C42H18BF20NO. The van der Waals surface area contributed by atoms with Crippen LogP contribution in [-0.4, -0.2) is 6.15 Å². The Bertz CT molecular complexity index is 2720. The third-order valence-corrected chi connectivity index (χ3v) is 10.2. The van der Waals surface area contributed by atoms with Gasteiger partial charge in [-0.1, -0.05) is 35.9 Å². The first kappa shape index (κ1) is 47.7. The molecule has 0 radical (unpaired) electrons. The summed E-state index contributed by atoms with van der Waals surface area (Å²) in [6, 6.07) is 14.6. The van der Waals surface area contributed by atoms with Crippen LogP contribution < -0.4 is 31.4 Å². The van der Waals surface area contributed by atoms with Crippen molar-refractivity contribution in [3.63, 3.8) is 0 Å². The van der Waals surface area contributed by atoms with Crippen LogP contribution >= 0.6 is 0 Å². The fraction of sp³-hybridized carbons (Fsp3) is 0.0714. The largest absolute Gasteiger partial charge is 0.231 e. The van der Waals surface area contributed by atoms with Crippen molar-refractivity contribution in [2.45, 2.75) is 20.8 Å². The van der Waals surface area contributed by atoms with Crippen LogP contribution in [0.5, 0.6) is 5.75 Å². The monoisotopic (exact) mass is 943 g/mol. The minimum Gasteiger partial charge on any atom is -0.231 e. The minimum absolute atomic E-state index is 0.927. The zero-order valence-corrected chi connectivity index (χ0v) is 32.2. The maximum Gasteiger partial charge on any atom is 0.230 e. The van der Waals surface area contributed by atoms with Gasteiger partial charge in [0.25, 0.3) is 0 Å². The van der Waals surface area contributed by atoms with Gasteiger partial charge >= 0.3 is 0 Å². The molecule has 1 heterocycles. The highest BCUT2D eigenvalue weighted by Crippen LogP contribution is 2.31. The summed E-state index contributed by atoms with van der Waals surface area (Å²) in [7, 11) is 0. The Kier molecular flexibility index (Phi) is 12.7. The summed E-state index contributed by atoms with van der Waals surface area (Å²) in [5.74, 6) is -70.5. The van der Waals surface area contributed by atoms with Gasteiger partial charge in [-0.05, 0) is 43.4 Å². The molecule has 0 aliphatic carbocycles. The molecule has 0 aliphatic rings. The molecule has 7 aromatic rings. The summed E-state index contributed by atoms with van der Waals surface area (Å²) in [5, 5.41) is 2.38. The minimum atomic E-state index is -7.22. The molecule has 65 heavy (non-hydrogen) atoms. The molecule has 0 saturated heterocycles. The summed E-state index contributed by atoms with van der Waals surface area (Å²) in [4.78, 5) is 6.02. The van der Waals surface area contributed by atoms with Crippen LogP contribution in [0.4, 0.5) is 87.8 Å². The molecule has 1 aromatic heterocycles. The van der Waals surface area contributed by atoms with Gasteiger partial charge < -0.3 is 0 Å². The summed E-state index contributed by atoms with van der Waals surface area (Å²) in [6.07, 6.45) is -3.26. The number of benzene rings is 6. The smallest absolute Gasteiger partial charge is 0.230 e. The molecule has 0 N–H and O–H groups in total. The van der Waals surface area contributed by atoms with Gasteiger partial charge in [0, 0.05) is 10.8 Å². The normalized spacial score (nSPS) is 11.6. The van der Waals surface area contributed by atoms with Crippen LogP contribution in [0, 0.1) is 137 Å². The van der Waals surface area contributed by atoms with E-state index in [0.717, 1.165) is 22.3 Å². The number of halogens is 20. The van der Waals surface area contributed by atoms with Crippen molar-refractivity contribution in [2.75, 3.05) is 0 Å². The van der Waals surface area contributed by atoms with Crippen LogP contribution in [0.1, 0.15) is 16.7 Å². The molecule has 0 saturated carbocycles. The van der Waals surface area contributed by atoms with Crippen LogP contribution in [-0.2, 0) is 0 Å². The van der Waals surface area contributed by atoms with Gasteiger partial charge in [-0.25, -0.2) is 92.6 Å². The number of hydrogen-bond acceptors (Lipinski definition) is 1. The molecule has 0 amide bonds. The van der Waals surface area contributed by atoms with Gasteiger partial charge in [0.15, 0.2) is 69.8 Å². The van der Waals surface area contributed by atoms with E-state index in [4.69, 9.17) is 4.84 Å². The van der Waals surface area contributed by atoms with Gasteiger partial charge in [-0.2, -0.15) is 0 Å². The summed E-state index contributed by atoms with van der Waals surface area (Å²) < 4.78 is 296. The van der Waals surface area contributed by atoms with Crippen molar-refractivity contribution in [1.29, 1.82) is 0 Å². The van der Waals surface area contributed by atoms with E-state index >= 15 is 35.1 Å². The molecule has 0 fully saturated rings. The van der Waals surface area contributed by atoms with Gasteiger partial charge in [0.05, 0.1) is 5.39 Å². The average Bonchev–Trinajstić information content (AvgIpc) is 3.27. The molecule has 0 atom stereocenters. The van der Waals surface area contributed by atoms with Crippen molar-refractivity contribution < 1.29 is 97.4 Å². The van der Waals surface area contributed by atoms with Crippen molar-refractivity contribution in [2.24, 2.45) is 0 Å². The summed E-state index contributed by atoms with van der Waals surface area (Å²) in [5.41, 5.74) is -10.8. The zero-order chi connectivity index (χ0) is 48.5. The fourth-order valence-corrected chi connectivity index (χ4v) is 7.46. The Balaban J connectivity index is 0.000000289. The van der Waals surface area contributed by atoms with Crippen LogP contribution in [0.3, 0.4) is 0 Å². The average molecular weight is 943 g/mol. The lowest BCUT2D eigenvalue weighted by Gasteiger charge is -2.44. The Hall–Kier alpha value is -6.81. The Morgan fingerprint density at radius 1 is 0.354 bits per heavy atom. The molecule has 7 rings (SSSR count). The fourth-order valence-electron chi connectivity index (χ4n) is 7.46.